The molecule has 3 rings (SSSR count). The summed E-state index contributed by atoms with van der Waals surface area (Å²) in [5.41, 5.74) is 1.38. The maximum Gasteiger partial charge on any atom is 0.337 e. The molecule has 136 valence electrons. The molecule has 27 heavy (non-hydrogen) atoms. The number of halogens is 1. The lowest BCUT2D eigenvalue weighted by Crippen LogP contribution is -2.14. The van der Waals surface area contributed by atoms with E-state index in [9.17, 15) is 14.0 Å². The number of amides is 1. The molecule has 8 heteroatoms. The number of nitrogens with zero attached hydrogens (tertiary/aromatic N) is 2. The second-order valence-electron chi connectivity index (χ2n) is 5.45. The Labute approximate surface area is 154 Å². The zero-order valence-electron chi connectivity index (χ0n) is 14.3. The Hall–Kier alpha value is -3.81. The van der Waals surface area contributed by atoms with Gasteiger partial charge in [0, 0.05) is 17.4 Å². The molecule has 0 fully saturated rings. The standard InChI is InChI=1S/C19H15FN4O3/c1-27-19(26)12-4-2-6-14(8-12)23-17-10-16(21-11-22-17)18(25)24-15-7-3-5-13(20)9-15/h2-11H,1H3,(H,24,25)(H,21,22,23). The highest BCUT2D eigenvalue weighted by Gasteiger charge is 2.11. The second-order valence-corrected chi connectivity index (χ2v) is 5.45. The van der Waals surface area contributed by atoms with Gasteiger partial charge < -0.3 is 15.4 Å². The van der Waals surface area contributed by atoms with E-state index in [1.54, 1.807) is 30.3 Å². The second kappa shape index (κ2) is 8.05. The predicted octanol–water partition coefficient (Wildman–Crippen LogP) is 3.40. The molecule has 0 radical (unpaired) electrons. The van der Waals surface area contributed by atoms with Crippen LogP contribution in [0.5, 0.6) is 0 Å². The molecule has 3 aromatic rings. The van der Waals surface area contributed by atoms with Crippen LogP contribution in [-0.4, -0.2) is 29.0 Å². The summed E-state index contributed by atoms with van der Waals surface area (Å²) in [6.07, 6.45) is 1.23. The molecule has 7 nitrogen and oxygen atoms in total. The molecule has 2 aromatic carbocycles. The highest BCUT2D eigenvalue weighted by molar-refractivity contribution is 6.03. The zero-order valence-corrected chi connectivity index (χ0v) is 14.3. The lowest BCUT2D eigenvalue weighted by atomic mass is 10.2. The number of rotatable bonds is 5. The van der Waals surface area contributed by atoms with Crippen LogP contribution in [0.4, 0.5) is 21.6 Å². The third-order valence-electron chi connectivity index (χ3n) is 3.54. The molecule has 0 spiro atoms. The number of methoxy groups -OCH3 is 1. The number of benzene rings is 2. The molecule has 1 heterocycles. The average Bonchev–Trinajstić information content (AvgIpc) is 2.68. The van der Waals surface area contributed by atoms with Gasteiger partial charge in [0.05, 0.1) is 12.7 Å². The van der Waals surface area contributed by atoms with E-state index >= 15 is 0 Å². The quantitative estimate of drug-likeness (QED) is 0.672. The summed E-state index contributed by atoms with van der Waals surface area (Å²) < 4.78 is 17.9. The maximum atomic E-state index is 13.2. The van der Waals surface area contributed by atoms with Crippen molar-refractivity contribution in [2.24, 2.45) is 0 Å². The Morgan fingerprint density at radius 1 is 1.00 bits per heavy atom. The van der Waals surface area contributed by atoms with Crippen molar-refractivity contribution in [3.63, 3.8) is 0 Å². The van der Waals surface area contributed by atoms with Crippen molar-refractivity contribution in [3.05, 3.63) is 78.0 Å². The van der Waals surface area contributed by atoms with Crippen LogP contribution in [-0.2, 0) is 4.74 Å². The van der Waals surface area contributed by atoms with E-state index in [4.69, 9.17) is 0 Å². The maximum absolute atomic E-state index is 13.2. The topological polar surface area (TPSA) is 93.2 Å². The van der Waals surface area contributed by atoms with Crippen LogP contribution in [0.2, 0.25) is 0 Å². The van der Waals surface area contributed by atoms with Crippen LogP contribution in [0.3, 0.4) is 0 Å². The number of ether oxygens (including phenoxy) is 1. The van der Waals surface area contributed by atoms with Crippen molar-refractivity contribution in [2.45, 2.75) is 0 Å². The molecule has 0 unspecified atom stereocenters. The van der Waals surface area contributed by atoms with Crippen molar-refractivity contribution in [1.82, 2.24) is 9.97 Å². The summed E-state index contributed by atoms with van der Waals surface area (Å²) >= 11 is 0. The lowest BCUT2D eigenvalue weighted by molar-refractivity contribution is 0.0600. The summed E-state index contributed by atoms with van der Waals surface area (Å²) in [7, 11) is 1.30. The normalized spacial score (nSPS) is 10.1. The predicted molar refractivity (Wildman–Crippen MR) is 97.4 cm³/mol. The van der Waals surface area contributed by atoms with E-state index in [-0.39, 0.29) is 5.69 Å². The Kier molecular flexibility index (Phi) is 5.36. The number of esters is 1. The first-order valence-corrected chi connectivity index (χ1v) is 7.89. The van der Waals surface area contributed by atoms with Crippen molar-refractivity contribution in [2.75, 3.05) is 17.7 Å². The van der Waals surface area contributed by atoms with Gasteiger partial charge in [-0.3, -0.25) is 4.79 Å². The number of aromatic nitrogens is 2. The molecule has 2 N–H and O–H groups in total. The van der Waals surface area contributed by atoms with E-state index in [2.05, 4.69) is 25.3 Å². The van der Waals surface area contributed by atoms with E-state index in [1.807, 2.05) is 0 Å². The van der Waals surface area contributed by atoms with E-state index < -0.39 is 17.7 Å². The molecule has 0 aliphatic rings. The van der Waals surface area contributed by atoms with Gasteiger partial charge in [0.25, 0.3) is 5.91 Å². The van der Waals surface area contributed by atoms with Gasteiger partial charge in [-0.1, -0.05) is 12.1 Å². The van der Waals surface area contributed by atoms with E-state index in [0.717, 1.165) is 0 Å². The highest BCUT2D eigenvalue weighted by atomic mass is 19.1. The molecule has 0 aliphatic heterocycles. The van der Waals surface area contributed by atoms with Gasteiger partial charge in [-0.15, -0.1) is 0 Å². The van der Waals surface area contributed by atoms with Crippen molar-refractivity contribution in [3.8, 4) is 0 Å². The average molecular weight is 366 g/mol. The first kappa shape index (κ1) is 18.0. The summed E-state index contributed by atoms with van der Waals surface area (Å²) in [6.45, 7) is 0. The van der Waals surface area contributed by atoms with Crippen LogP contribution < -0.4 is 10.6 Å². The highest BCUT2D eigenvalue weighted by Crippen LogP contribution is 2.17. The summed E-state index contributed by atoms with van der Waals surface area (Å²) in [5.74, 6) is -1.06. The van der Waals surface area contributed by atoms with Crippen LogP contribution in [0.25, 0.3) is 0 Å². The lowest BCUT2D eigenvalue weighted by Gasteiger charge is -2.09. The molecular formula is C19H15FN4O3. The third-order valence-corrected chi connectivity index (χ3v) is 3.54. The zero-order chi connectivity index (χ0) is 19.2. The third kappa shape index (κ3) is 4.63. The smallest absolute Gasteiger partial charge is 0.337 e. The number of nitrogens with one attached hydrogen (secondary N) is 2. The number of hydrogen-bond donors (Lipinski definition) is 2. The molecule has 1 amide bonds. The largest absolute Gasteiger partial charge is 0.465 e. The fourth-order valence-electron chi connectivity index (χ4n) is 2.30. The molecule has 0 aliphatic carbocycles. The first-order valence-electron chi connectivity index (χ1n) is 7.89. The van der Waals surface area contributed by atoms with Gasteiger partial charge in [0.15, 0.2) is 0 Å². The number of anilines is 3. The summed E-state index contributed by atoms with van der Waals surface area (Å²) in [4.78, 5) is 31.9. The molecule has 0 saturated carbocycles. The van der Waals surface area contributed by atoms with Crippen LogP contribution >= 0.6 is 0 Å². The molecular weight excluding hydrogens is 351 g/mol. The van der Waals surface area contributed by atoms with Crippen LogP contribution in [0.1, 0.15) is 20.8 Å². The van der Waals surface area contributed by atoms with Crippen LogP contribution in [0, 0.1) is 5.82 Å². The Bertz CT molecular complexity index is 994. The monoisotopic (exact) mass is 366 g/mol. The molecule has 0 atom stereocenters. The van der Waals surface area contributed by atoms with Gasteiger partial charge in [-0.25, -0.2) is 19.2 Å². The van der Waals surface area contributed by atoms with Gasteiger partial charge in [-0.05, 0) is 36.4 Å². The fraction of sp³-hybridized carbons (Fsp3) is 0.0526. The molecule has 0 saturated heterocycles. The number of hydrogen-bond acceptors (Lipinski definition) is 6. The van der Waals surface area contributed by atoms with Crippen molar-refractivity contribution >= 4 is 29.1 Å². The Morgan fingerprint density at radius 3 is 2.56 bits per heavy atom. The van der Waals surface area contributed by atoms with Gasteiger partial charge in [0.1, 0.15) is 23.7 Å². The summed E-state index contributed by atoms with van der Waals surface area (Å²) in [5, 5.41) is 5.56. The van der Waals surface area contributed by atoms with Gasteiger partial charge >= 0.3 is 5.97 Å². The summed E-state index contributed by atoms with van der Waals surface area (Å²) in [6, 6.07) is 13.6. The molecule has 1 aromatic heterocycles. The minimum atomic E-state index is -0.505. The Morgan fingerprint density at radius 2 is 1.78 bits per heavy atom. The number of carbonyl (C=O) groups excluding carboxylic acids is 2. The van der Waals surface area contributed by atoms with Gasteiger partial charge in [-0.2, -0.15) is 0 Å². The van der Waals surface area contributed by atoms with E-state index in [0.29, 0.717) is 22.8 Å². The van der Waals surface area contributed by atoms with Crippen LogP contribution in [0.15, 0.2) is 60.9 Å². The first-order chi connectivity index (χ1) is 13.0. The van der Waals surface area contributed by atoms with Gasteiger partial charge in [0.2, 0.25) is 0 Å². The molecule has 0 bridgehead atoms. The Balaban J connectivity index is 1.75. The fourth-order valence-corrected chi connectivity index (χ4v) is 2.30. The minimum Gasteiger partial charge on any atom is -0.465 e. The van der Waals surface area contributed by atoms with E-state index in [1.165, 1.54) is 37.7 Å². The SMILES string of the molecule is COC(=O)c1cccc(Nc2cc(C(=O)Nc3cccc(F)c3)ncn2)c1. The minimum absolute atomic E-state index is 0.0980. The number of carbonyl (C=O) groups is 2. The van der Waals surface area contributed by atoms with Crippen molar-refractivity contribution in [1.29, 1.82) is 0 Å². The van der Waals surface area contributed by atoms with Crippen molar-refractivity contribution < 1.29 is 18.7 Å².